The van der Waals surface area contributed by atoms with Gasteiger partial charge in [-0.2, -0.15) is 8.82 Å². The van der Waals surface area contributed by atoms with Gasteiger partial charge in [-0.05, 0) is 43.2 Å². The van der Waals surface area contributed by atoms with Crippen LogP contribution < -0.4 is 4.90 Å². The van der Waals surface area contributed by atoms with Crippen molar-refractivity contribution in [2.24, 2.45) is 0 Å². The maximum absolute atomic E-state index is 13.4. The molecule has 5 rings (SSSR count). The lowest BCUT2D eigenvalue weighted by Gasteiger charge is -2.34. The van der Waals surface area contributed by atoms with E-state index in [1.54, 1.807) is 4.52 Å². The Morgan fingerprint density at radius 1 is 1.00 bits per heavy atom. The fourth-order valence-corrected chi connectivity index (χ4v) is 4.95. The summed E-state index contributed by atoms with van der Waals surface area (Å²) in [5.41, 5.74) is 0.720. The summed E-state index contributed by atoms with van der Waals surface area (Å²) in [6.07, 6.45) is 2.23. The van der Waals surface area contributed by atoms with E-state index in [4.69, 9.17) is 0 Å². The Balaban J connectivity index is 1.34. The van der Waals surface area contributed by atoms with Crippen molar-refractivity contribution < 1.29 is 12.8 Å². The molecule has 0 radical (unpaired) electrons. The number of fused-ring (bicyclic) bond motifs is 1. The van der Waals surface area contributed by atoms with Gasteiger partial charge in [0.15, 0.2) is 11.5 Å². The topological polar surface area (TPSA) is 83.7 Å². The van der Waals surface area contributed by atoms with E-state index < -0.39 is 15.8 Å². The number of anilines is 1. The van der Waals surface area contributed by atoms with Crippen LogP contribution >= 0.6 is 0 Å². The lowest BCUT2D eigenvalue weighted by Crippen LogP contribution is -2.49. The first-order valence-electron chi connectivity index (χ1n) is 9.25. The minimum atomic E-state index is -3.70. The molecule has 1 aromatic carbocycles. The Morgan fingerprint density at radius 2 is 1.79 bits per heavy atom. The molecular weight excluding hydrogens is 383 g/mol. The van der Waals surface area contributed by atoms with Crippen molar-refractivity contribution in [3.05, 3.63) is 48.0 Å². The maximum atomic E-state index is 13.4. The van der Waals surface area contributed by atoms with Crippen molar-refractivity contribution in [3.63, 3.8) is 0 Å². The van der Waals surface area contributed by atoms with E-state index in [0.717, 1.165) is 36.2 Å². The molecule has 0 atom stereocenters. The molecule has 1 aliphatic heterocycles. The summed E-state index contributed by atoms with van der Waals surface area (Å²) in [7, 11) is -3.70. The average Bonchev–Trinajstić information content (AvgIpc) is 3.47. The van der Waals surface area contributed by atoms with E-state index in [0.29, 0.717) is 32.1 Å². The normalized spacial score (nSPS) is 18.7. The maximum Gasteiger partial charge on any atom is 0.243 e. The first kappa shape index (κ1) is 17.5. The van der Waals surface area contributed by atoms with Gasteiger partial charge in [-0.15, -0.1) is 15.3 Å². The van der Waals surface area contributed by atoms with Crippen molar-refractivity contribution in [3.8, 4) is 0 Å². The second kappa shape index (κ2) is 6.49. The van der Waals surface area contributed by atoms with E-state index in [2.05, 4.69) is 15.3 Å². The van der Waals surface area contributed by atoms with Crippen LogP contribution in [-0.4, -0.2) is 58.7 Å². The van der Waals surface area contributed by atoms with Gasteiger partial charge in [-0.1, -0.05) is 6.07 Å². The minimum absolute atomic E-state index is 0.0148. The van der Waals surface area contributed by atoms with Gasteiger partial charge in [0.1, 0.15) is 11.6 Å². The molecule has 0 spiro atoms. The lowest BCUT2D eigenvalue weighted by molar-refractivity contribution is 0.383. The van der Waals surface area contributed by atoms with Crippen LogP contribution in [0.5, 0.6) is 0 Å². The molecule has 0 unspecified atom stereocenters. The Bertz CT molecular complexity index is 1140. The predicted octanol–water partition coefficient (Wildman–Crippen LogP) is 1.65. The Hall–Kier alpha value is -2.59. The number of rotatable bonds is 4. The van der Waals surface area contributed by atoms with Crippen LogP contribution in [0.15, 0.2) is 41.3 Å². The van der Waals surface area contributed by atoms with Crippen LogP contribution in [0, 0.1) is 5.82 Å². The predicted molar refractivity (Wildman–Crippen MR) is 100 cm³/mol. The molecule has 1 aliphatic carbocycles. The van der Waals surface area contributed by atoms with Crippen LogP contribution in [0.1, 0.15) is 24.6 Å². The summed E-state index contributed by atoms with van der Waals surface area (Å²) in [6.45, 7) is 1.65. The van der Waals surface area contributed by atoms with Crippen LogP contribution in [-0.2, 0) is 10.0 Å². The zero-order valence-electron chi connectivity index (χ0n) is 15.1. The van der Waals surface area contributed by atoms with Gasteiger partial charge < -0.3 is 4.90 Å². The molecule has 2 aliphatic rings. The summed E-state index contributed by atoms with van der Waals surface area (Å²) in [5, 5.41) is 13.1. The molecule has 3 heterocycles. The highest BCUT2D eigenvalue weighted by Crippen LogP contribution is 2.38. The van der Waals surface area contributed by atoms with Crippen molar-refractivity contribution in [1.29, 1.82) is 0 Å². The van der Waals surface area contributed by atoms with Crippen LogP contribution in [0.2, 0.25) is 0 Å². The number of benzene rings is 1. The highest BCUT2D eigenvalue weighted by molar-refractivity contribution is 7.89. The van der Waals surface area contributed by atoms with Gasteiger partial charge >= 0.3 is 0 Å². The number of piperazine rings is 1. The molecule has 2 fully saturated rings. The third-order valence-corrected chi connectivity index (χ3v) is 7.11. The fourth-order valence-electron chi connectivity index (χ4n) is 3.49. The Morgan fingerprint density at radius 3 is 2.50 bits per heavy atom. The molecule has 0 amide bonds. The van der Waals surface area contributed by atoms with Crippen LogP contribution in [0.3, 0.4) is 0 Å². The number of hydrogen-bond acceptors (Lipinski definition) is 6. The van der Waals surface area contributed by atoms with Crippen molar-refractivity contribution in [2.75, 3.05) is 31.1 Å². The summed E-state index contributed by atoms with van der Waals surface area (Å²) in [4.78, 5) is 2.03. The molecule has 0 bridgehead atoms. The monoisotopic (exact) mass is 402 g/mol. The van der Waals surface area contributed by atoms with Gasteiger partial charge in [0.05, 0.1) is 4.90 Å². The van der Waals surface area contributed by atoms with Crippen LogP contribution in [0.25, 0.3) is 5.65 Å². The summed E-state index contributed by atoms with van der Waals surface area (Å²) < 4.78 is 42.1. The van der Waals surface area contributed by atoms with Gasteiger partial charge in [-0.3, -0.25) is 0 Å². The molecule has 2 aromatic heterocycles. The van der Waals surface area contributed by atoms with E-state index in [1.165, 1.54) is 22.5 Å². The second-order valence-corrected chi connectivity index (χ2v) is 9.08. The molecule has 10 heteroatoms. The van der Waals surface area contributed by atoms with Gasteiger partial charge in [0.25, 0.3) is 0 Å². The Labute approximate surface area is 161 Å². The van der Waals surface area contributed by atoms with E-state index in [9.17, 15) is 12.8 Å². The van der Waals surface area contributed by atoms with Crippen molar-refractivity contribution in [1.82, 2.24) is 24.1 Å². The third kappa shape index (κ3) is 3.02. The first-order chi connectivity index (χ1) is 13.5. The minimum Gasteiger partial charge on any atom is -0.353 e. The molecule has 1 saturated carbocycles. The number of hydrogen-bond donors (Lipinski definition) is 0. The second-order valence-electron chi connectivity index (χ2n) is 7.14. The third-order valence-electron chi connectivity index (χ3n) is 5.21. The highest BCUT2D eigenvalue weighted by Gasteiger charge is 2.31. The van der Waals surface area contributed by atoms with Gasteiger partial charge in [0, 0.05) is 32.1 Å². The van der Waals surface area contributed by atoms with E-state index >= 15 is 0 Å². The van der Waals surface area contributed by atoms with E-state index in [1.807, 2.05) is 17.0 Å². The summed E-state index contributed by atoms with van der Waals surface area (Å²) >= 11 is 0. The zero-order valence-corrected chi connectivity index (χ0v) is 15.9. The summed E-state index contributed by atoms with van der Waals surface area (Å²) in [5.74, 6) is 1.55. The largest absolute Gasteiger partial charge is 0.353 e. The number of nitrogens with zero attached hydrogens (tertiary/aromatic N) is 6. The van der Waals surface area contributed by atoms with Gasteiger partial charge in [-0.25, -0.2) is 12.8 Å². The zero-order chi connectivity index (χ0) is 19.3. The molecule has 146 valence electrons. The molecule has 1 saturated heterocycles. The van der Waals surface area contributed by atoms with E-state index in [-0.39, 0.29) is 4.90 Å². The molecular formula is C18H19FN6O2S. The standard InChI is InChI=1S/C18H19FN6O2S/c19-14-2-1-3-15(12-14)28(26,27)24-10-8-23(9-11-24)17-7-6-16-20-21-18(13-4-5-13)25(16)22-17/h1-3,6-7,12-13H,4-5,8-11H2. The molecule has 0 N–H and O–H groups in total. The quantitative estimate of drug-likeness (QED) is 0.660. The van der Waals surface area contributed by atoms with Gasteiger partial charge in [0.2, 0.25) is 10.0 Å². The fraction of sp³-hybridized carbons (Fsp3) is 0.389. The Kier molecular flexibility index (Phi) is 4.06. The van der Waals surface area contributed by atoms with Crippen molar-refractivity contribution >= 4 is 21.5 Å². The number of halogens is 1. The smallest absolute Gasteiger partial charge is 0.243 e. The molecule has 3 aromatic rings. The lowest BCUT2D eigenvalue weighted by atomic mass is 10.3. The summed E-state index contributed by atoms with van der Waals surface area (Å²) in [6, 6.07) is 8.90. The number of aromatic nitrogens is 4. The first-order valence-corrected chi connectivity index (χ1v) is 10.7. The molecule has 8 nitrogen and oxygen atoms in total. The average molecular weight is 402 g/mol. The number of sulfonamides is 1. The van der Waals surface area contributed by atoms with Crippen molar-refractivity contribution in [2.45, 2.75) is 23.7 Å². The SMILES string of the molecule is O=S(=O)(c1cccc(F)c1)N1CCN(c2ccc3nnc(C4CC4)n3n2)CC1. The molecule has 28 heavy (non-hydrogen) atoms. The van der Waals surface area contributed by atoms with Crippen LogP contribution in [0.4, 0.5) is 10.2 Å². The highest BCUT2D eigenvalue weighted by atomic mass is 32.2.